The fraction of sp³-hybridized carbons (Fsp3) is 0.105. The van der Waals surface area contributed by atoms with Gasteiger partial charge in [-0.1, -0.05) is 23.7 Å². The van der Waals surface area contributed by atoms with Crippen LogP contribution in [0.15, 0.2) is 53.5 Å². The molecular formula is C19H15ClFN7. The molecule has 0 spiro atoms. The van der Waals surface area contributed by atoms with Crippen molar-refractivity contribution < 1.29 is 4.39 Å². The first-order chi connectivity index (χ1) is 13.5. The summed E-state index contributed by atoms with van der Waals surface area (Å²) in [4.78, 5) is 9.16. The van der Waals surface area contributed by atoms with Crippen LogP contribution in [0.4, 0.5) is 10.3 Å². The van der Waals surface area contributed by atoms with E-state index in [2.05, 4.69) is 20.4 Å². The Morgan fingerprint density at radius 1 is 1.14 bits per heavy atom. The van der Waals surface area contributed by atoms with Gasteiger partial charge >= 0.3 is 0 Å². The summed E-state index contributed by atoms with van der Waals surface area (Å²) in [7, 11) is 0. The van der Waals surface area contributed by atoms with Crippen molar-refractivity contribution >= 4 is 34.5 Å². The largest absolute Gasteiger partial charge is 0.370 e. The minimum Gasteiger partial charge on any atom is -0.370 e. The van der Waals surface area contributed by atoms with Crippen molar-refractivity contribution in [3.8, 4) is 5.69 Å². The van der Waals surface area contributed by atoms with Gasteiger partial charge in [-0.3, -0.25) is 9.88 Å². The molecule has 3 N–H and O–H groups in total. The molecule has 0 amide bonds. The maximum absolute atomic E-state index is 13.3. The fourth-order valence-corrected chi connectivity index (χ4v) is 3.84. The van der Waals surface area contributed by atoms with E-state index in [0.717, 1.165) is 11.0 Å². The topological polar surface area (TPSA) is 86.1 Å². The quantitative estimate of drug-likeness (QED) is 0.543. The molecular weight excluding hydrogens is 381 g/mol. The second-order valence-corrected chi connectivity index (χ2v) is 6.84. The highest BCUT2D eigenvalue weighted by molar-refractivity contribution is 6.30. The van der Waals surface area contributed by atoms with E-state index in [9.17, 15) is 4.39 Å². The monoisotopic (exact) mass is 395 g/mol. The molecule has 0 aliphatic carbocycles. The average molecular weight is 396 g/mol. The number of guanidine groups is 1. The lowest BCUT2D eigenvalue weighted by Crippen LogP contribution is -2.31. The van der Waals surface area contributed by atoms with Crippen LogP contribution in [-0.4, -0.2) is 25.3 Å². The number of aromatic nitrogens is 4. The van der Waals surface area contributed by atoms with Crippen LogP contribution in [-0.2, 0) is 0 Å². The lowest BCUT2D eigenvalue weighted by molar-refractivity contribution is 0.622. The van der Waals surface area contributed by atoms with E-state index in [-0.39, 0.29) is 11.8 Å². The van der Waals surface area contributed by atoms with E-state index in [1.165, 1.54) is 12.1 Å². The number of nitrogens with one attached hydrogen (secondary N) is 1. The number of para-hydroxylation sites is 2. The molecule has 2 aromatic heterocycles. The van der Waals surface area contributed by atoms with Gasteiger partial charge in [0.1, 0.15) is 11.0 Å². The van der Waals surface area contributed by atoms with Crippen molar-refractivity contribution in [1.29, 1.82) is 0 Å². The van der Waals surface area contributed by atoms with Crippen molar-refractivity contribution in [3.63, 3.8) is 0 Å². The minimum absolute atomic E-state index is 0.248. The minimum atomic E-state index is -0.523. The van der Waals surface area contributed by atoms with Crippen molar-refractivity contribution in [1.82, 2.24) is 19.3 Å². The van der Waals surface area contributed by atoms with Gasteiger partial charge in [-0.25, -0.2) is 19.0 Å². The Bertz CT molecular complexity index is 1240. The predicted octanol–water partition coefficient (Wildman–Crippen LogP) is 3.61. The number of benzene rings is 2. The number of anilines is 1. The molecule has 0 radical (unpaired) electrons. The van der Waals surface area contributed by atoms with Crippen LogP contribution in [0.1, 0.15) is 17.4 Å². The molecule has 0 bridgehead atoms. The molecule has 9 heteroatoms. The molecule has 7 nitrogen and oxygen atoms in total. The van der Waals surface area contributed by atoms with Crippen LogP contribution in [0, 0.1) is 12.7 Å². The molecule has 1 aliphatic rings. The first kappa shape index (κ1) is 16.8. The third-order valence-electron chi connectivity index (χ3n) is 4.72. The maximum Gasteiger partial charge on any atom is 0.212 e. The number of halogens is 2. The van der Waals surface area contributed by atoms with Gasteiger partial charge in [0.05, 0.1) is 28.0 Å². The number of hydrogen-bond donors (Lipinski definition) is 2. The molecule has 5 rings (SSSR count). The van der Waals surface area contributed by atoms with Gasteiger partial charge < -0.3 is 5.73 Å². The lowest BCUT2D eigenvalue weighted by atomic mass is 10.2. The number of aliphatic imine (C=N–C) groups is 1. The summed E-state index contributed by atoms with van der Waals surface area (Å²) >= 11 is 6.71. The summed E-state index contributed by atoms with van der Waals surface area (Å²) in [5, 5.41) is 7.93. The zero-order valence-corrected chi connectivity index (χ0v) is 15.5. The Labute approximate surface area is 164 Å². The maximum atomic E-state index is 13.3. The second kappa shape index (κ2) is 6.07. The third kappa shape index (κ3) is 2.45. The highest BCUT2D eigenvalue weighted by Gasteiger charge is 2.30. The molecule has 4 aromatic rings. The SMILES string of the molecule is Cc1nn(-c2ccc(F)cc2)c(Cl)c1C1N=C(N)Nc2nc3ccccc3n21. The first-order valence-electron chi connectivity index (χ1n) is 8.61. The number of nitrogens with two attached hydrogens (primary N) is 1. The van der Waals surface area contributed by atoms with Crippen LogP contribution >= 0.6 is 11.6 Å². The molecule has 0 saturated carbocycles. The van der Waals surface area contributed by atoms with Crippen LogP contribution in [0.5, 0.6) is 0 Å². The number of imidazole rings is 1. The van der Waals surface area contributed by atoms with Gasteiger partial charge in [0, 0.05) is 0 Å². The Morgan fingerprint density at radius 2 is 1.89 bits per heavy atom. The lowest BCUT2D eigenvalue weighted by Gasteiger charge is -2.23. The van der Waals surface area contributed by atoms with Gasteiger partial charge in [0.2, 0.25) is 5.95 Å². The number of hydrogen-bond acceptors (Lipinski definition) is 5. The smallest absolute Gasteiger partial charge is 0.212 e. The van der Waals surface area contributed by atoms with Gasteiger partial charge in [0.25, 0.3) is 0 Å². The zero-order chi connectivity index (χ0) is 19.4. The fourth-order valence-electron chi connectivity index (χ4n) is 3.47. The van der Waals surface area contributed by atoms with Gasteiger partial charge in [-0.05, 0) is 43.3 Å². The van der Waals surface area contributed by atoms with Crippen molar-refractivity contribution in [2.45, 2.75) is 13.1 Å². The van der Waals surface area contributed by atoms with E-state index >= 15 is 0 Å². The van der Waals surface area contributed by atoms with Crippen LogP contribution in [0.25, 0.3) is 16.7 Å². The summed E-state index contributed by atoms with van der Waals surface area (Å²) < 4.78 is 16.8. The highest BCUT2D eigenvalue weighted by Crippen LogP contribution is 2.37. The molecule has 3 heterocycles. The van der Waals surface area contributed by atoms with Gasteiger partial charge in [-0.15, -0.1) is 0 Å². The molecule has 0 saturated heterocycles. The molecule has 140 valence electrons. The van der Waals surface area contributed by atoms with Gasteiger partial charge in [0.15, 0.2) is 12.1 Å². The summed E-state index contributed by atoms with van der Waals surface area (Å²) in [6, 6.07) is 13.7. The van der Waals surface area contributed by atoms with Crippen molar-refractivity contribution in [2.75, 3.05) is 5.32 Å². The summed E-state index contributed by atoms with van der Waals surface area (Å²) in [6.07, 6.45) is -0.523. The number of fused-ring (bicyclic) bond motifs is 3. The third-order valence-corrected chi connectivity index (χ3v) is 5.08. The molecule has 28 heavy (non-hydrogen) atoms. The Morgan fingerprint density at radius 3 is 2.68 bits per heavy atom. The number of aryl methyl sites for hydroxylation is 1. The molecule has 1 atom stereocenters. The van der Waals surface area contributed by atoms with Crippen LogP contribution < -0.4 is 11.1 Å². The van der Waals surface area contributed by atoms with E-state index in [0.29, 0.717) is 28.0 Å². The molecule has 1 aliphatic heterocycles. The van der Waals surface area contributed by atoms with Crippen LogP contribution in [0.2, 0.25) is 5.15 Å². The van der Waals surface area contributed by atoms with E-state index in [1.54, 1.807) is 16.8 Å². The van der Waals surface area contributed by atoms with Crippen molar-refractivity contribution in [2.24, 2.45) is 10.7 Å². The Balaban J connectivity index is 1.72. The van der Waals surface area contributed by atoms with Crippen LogP contribution in [0.3, 0.4) is 0 Å². The average Bonchev–Trinajstić information content (AvgIpc) is 3.18. The normalized spacial score (nSPS) is 16.0. The van der Waals surface area contributed by atoms with Gasteiger partial charge in [-0.2, -0.15) is 5.10 Å². The molecule has 0 fully saturated rings. The molecule has 2 aromatic carbocycles. The Kier molecular flexibility index (Phi) is 3.63. The van der Waals surface area contributed by atoms with E-state index < -0.39 is 6.17 Å². The van der Waals surface area contributed by atoms with Crippen molar-refractivity contribution in [3.05, 3.63) is 70.8 Å². The van der Waals surface area contributed by atoms with E-state index in [4.69, 9.17) is 17.3 Å². The summed E-state index contributed by atoms with van der Waals surface area (Å²) in [5.41, 5.74) is 9.78. The summed E-state index contributed by atoms with van der Waals surface area (Å²) in [6.45, 7) is 1.85. The number of rotatable bonds is 2. The first-order valence-corrected chi connectivity index (χ1v) is 8.99. The molecule has 1 unspecified atom stereocenters. The van der Waals surface area contributed by atoms with E-state index in [1.807, 2.05) is 35.8 Å². The highest BCUT2D eigenvalue weighted by atomic mass is 35.5. The predicted molar refractivity (Wildman–Crippen MR) is 106 cm³/mol. The second-order valence-electron chi connectivity index (χ2n) is 6.49. The zero-order valence-electron chi connectivity index (χ0n) is 14.8. The Hall–Kier alpha value is -3.39. The standard InChI is InChI=1S/C19H15ClFN7/c1-10-15(16(20)28(26-10)12-8-6-11(21)7-9-12)17-24-18(22)25-19-23-13-4-2-3-5-14(13)27(17)19/h2-9,17H,1H3,(H3,22,23,24,25). The number of nitrogens with zero attached hydrogens (tertiary/aromatic N) is 5. The summed E-state index contributed by atoms with van der Waals surface area (Å²) in [5.74, 6) is 0.510.